The van der Waals surface area contributed by atoms with Crippen molar-refractivity contribution in [1.82, 2.24) is 14.8 Å². The van der Waals surface area contributed by atoms with E-state index in [0.717, 1.165) is 18.7 Å². The van der Waals surface area contributed by atoms with Crippen molar-refractivity contribution in [1.29, 1.82) is 0 Å². The molecule has 0 radical (unpaired) electrons. The van der Waals surface area contributed by atoms with Gasteiger partial charge in [-0.05, 0) is 12.3 Å². The van der Waals surface area contributed by atoms with Crippen molar-refractivity contribution in [3.05, 3.63) is 12.2 Å². The van der Waals surface area contributed by atoms with Crippen LogP contribution in [0.25, 0.3) is 0 Å². The van der Waals surface area contributed by atoms with Crippen LogP contribution in [-0.2, 0) is 13.5 Å². The lowest BCUT2D eigenvalue weighted by Gasteiger charge is -2.05. The molecule has 0 spiro atoms. The second kappa shape index (κ2) is 4.21. The molecule has 0 aromatic carbocycles. The average Bonchev–Trinajstić information content (AvgIpc) is 2.47. The summed E-state index contributed by atoms with van der Waals surface area (Å²) in [7, 11) is 1.88. The Balaban J connectivity index is 2.38. The first kappa shape index (κ1) is 9.19. The van der Waals surface area contributed by atoms with E-state index in [1.807, 2.05) is 14.0 Å². The van der Waals surface area contributed by atoms with Gasteiger partial charge in [-0.25, -0.2) is 4.98 Å². The molecule has 1 N–H and O–H groups in total. The predicted octanol–water partition coefficient (Wildman–Crippen LogP) is 0.376. The molecule has 0 aliphatic carbocycles. The first-order valence-corrected chi connectivity index (χ1v) is 4.17. The summed E-state index contributed by atoms with van der Waals surface area (Å²) < 4.78 is 1.77. The predicted molar refractivity (Wildman–Crippen MR) is 45.6 cm³/mol. The maximum absolute atomic E-state index is 8.79. The fourth-order valence-electron chi connectivity index (χ4n) is 1.01. The first-order valence-electron chi connectivity index (χ1n) is 4.17. The van der Waals surface area contributed by atoms with Crippen molar-refractivity contribution in [2.75, 3.05) is 6.61 Å². The molecule has 0 saturated carbocycles. The molecule has 4 nitrogen and oxygen atoms in total. The van der Waals surface area contributed by atoms with Crippen molar-refractivity contribution in [2.45, 2.75) is 19.8 Å². The minimum absolute atomic E-state index is 0.248. The lowest BCUT2D eigenvalue weighted by Crippen LogP contribution is -2.06. The number of nitrogens with zero attached hydrogens (tertiary/aromatic N) is 3. The normalized spacial score (nSPS) is 13.2. The van der Waals surface area contributed by atoms with Crippen LogP contribution in [-0.4, -0.2) is 26.5 Å². The van der Waals surface area contributed by atoms with Crippen molar-refractivity contribution in [3.63, 3.8) is 0 Å². The number of hydrogen-bond donors (Lipinski definition) is 1. The Labute approximate surface area is 72.2 Å². The van der Waals surface area contributed by atoms with Crippen LogP contribution in [0.2, 0.25) is 0 Å². The zero-order chi connectivity index (χ0) is 8.97. The number of aryl methyl sites for hydroxylation is 2. The van der Waals surface area contributed by atoms with Crippen LogP contribution in [0.3, 0.4) is 0 Å². The molecule has 1 unspecified atom stereocenters. The minimum Gasteiger partial charge on any atom is -0.396 e. The summed E-state index contributed by atoms with van der Waals surface area (Å²) in [6, 6.07) is 0. The van der Waals surface area contributed by atoms with Gasteiger partial charge in [-0.1, -0.05) is 6.92 Å². The van der Waals surface area contributed by atoms with Gasteiger partial charge in [-0.3, -0.25) is 4.68 Å². The Hall–Kier alpha value is -0.900. The Morgan fingerprint density at radius 2 is 2.42 bits per heavy atom. The van der Waals surface area contributed by atoms with Crippen molar-refractivity contribution in [2.24, 2.45) is 13.0 Å². The molecule has 0 fully saturated rings. The third kappa shape index (κ3) is 2.30. The zero-order valence-electron chi connectivity index (χ0n) is 7.56. The Morgan fingerprint density at radius 1 is 1.67 bits per heavy atom. The molecular weight excluding hydrogens is 154 g/mol. The molecule has 0 aliphatic heterocycles. The molecular formula is C8H15N3O. The van der Waals surface area contributed by atoms with Crippen LogP contribution >= 0.6 is 0 Å². The smallest absolute Gasteiger partial charge is 0.138 e. The van der Waals surface area contributed by atoms with E-state index in [2.05, 4.69) is 10.1 Å². The number of aromatic nitrogens is 3. The van der Waals surface area contributed by atoms with Gasteiger partial charge in [0, 0.05) is 20.1 Å². The van der Waals surface area contributed by atoms with E-state index in [4.69, 9.17) is 5.11 Å². The van der Waals surface area contributed by atoms with Crippen LogP contribution in [0, 0.1) is 5.92 Å². The maximum Gasteiger partial charge on any atom is 0.138 e. The molecule has 1 atom stereocenters. The van der Waals surface area contributed by atoms with Gasteiger partial charge < -0.3 is 5.11 Å². The average molecular weight is 169 g/mol. The zero-order valence-corrected chi connectivity index (χ0v) is 7.56. The fourth-order valence-corrected chi connectivity index (χ4v) is 1.01. The van der Waals surface area contributed by atoms with E-state index in [0.29, 0.717) is 5.92 Å². The first-order chi connectivity index (χ1) is 5.74. The Bertz CT molecular complexity index is 234. The van der Waals surface area contributed by atoms with Crippen LogP contribution in [0.4, 0.5) is 0 Å². The van der Waals surface area contributed by atoms with Crippen LogP contribution in [0.15, 0.2) is 6.33 Å². The van der Waals surface area contributed by atoms with Crippen molar-refractivity contribution < 1.29 is 5.11 Å². The Morgan fingerprint density at radius 3 is 2.92 bits per heavy atom. The third-order valence-corrected chi connectivity index (χ3v) is 1.98. The quantitative estimate of drug-likeness (QED) is 0.708. The van der Waals surface area contributed by atoms with Gasteiger partial charge in [0.2, 0.25) is 0 Å². The summed E-state index contributed by atoms with van der Waals surface area (Å²) in [4.78, 5) is 4.09. The summed E-state index contributed by atoms with van der Waals surface area (Å²) in [5.74, 6) is 1.33. The SMILES string of the molecule is CC(CO)CCc1ncnn1C. The molecule has 4 heteroatoms. The van der Waals surface area contributed by atoms with E-state index < -0.39 is 0 Å². The van der Waals surface area contributed by atoms with Crippen molar-refractivity contribution in [3.8, 4) is 0 Å². The lowest BCUT2D eigenvalue weighted by molar-refractivity contribution is 0.229. The number of aliphatic hydroxyl groups excluding tert-OH is 1. The monoisotopic (exact) mass is 169 g/mol. The second-order valence-corrected chi connectivity index (χ2v) is 3.13. The van der Waals surface area contributed by atoms with Gasteiger partial charge in [0.25, 0.3) is 0 Å². The summed E-state index contributed by atoms with van der Waals surface area (Å²) >= 11 is 0. The maximum atomic E-state index is 8.79. The molecule has 12 heavy (non-hydrogen) atoms. The number of hydrogen-bond acceptors (Lipinski definition) is 3. The van der Waals surface area contributed by atoms with Gasteiger partial charge in [-0.15, -0.1) is 0 Å². The van der Waals surface area contributed by atoms with E-state index in [1.165, 1.54) is 0 Å². The van der Waals surface area contributed by atoms with Gasteiger partial charge in [0.05, 0.1) is 0 Å². The molecule has 0 aliphatic rings. The lowest BCUT2D eigenvalue weighted by atomic mass is 10.1. The molecule has 0 bridgehead atoms. The van der Waals surface area contributed by atoms with Gasteiger partial charge in [0.15, 0.2) is 0 Å². The topological polar surface area (TPSA) is 50.9 Å². The van der Waals surface area contributed by atoms with Crippen LogP contribution in [0.1, 0.15) is 19.2 Å². The van der Waals surface area contributed by atoms with Crippen LogP contribution in [0.5, 0.6) is 0 Å². The van der Waals surface area contributed by atoms with Crippen LogP contribution < -0.4 is 0 Å². The highest BCUT2D eigenvalue weighted by atomic mass is 16.3. The molecule has 0 amide bonds. The van der Waals surface area contributed by atoms with E-state index in [9.17, 15) is 0 Å². The largest absolute Gasteiger partial charge is 0.396 e. The van der Waals surface area contributed by atoms with E-state index in [-0.39, 0.29) is 6.61 Å². The number of aliphatic hydroxyl groups is 1. The standard InChI is InChI=1S/C8H15N3O/c1-7(5-12)3-4-8-9-6-10-11(8)2/h6-7,12H,3-5H2,1-2H3. The number of rotatable bonds is 4. The van der Waals surface area contributed by atoms with E-state index >= 15 is 0 Å². The molecule has 1 aromatic heterocycles. The molecule has 1 rings (SSSR count). The van der Waals surface area contributed by atoms with Gasteiger partial charge in [0.1, 0.15) is 12.2 Å². The highest BCUT2D eigenvalue weighted by molar-refractivity contribution is 4.83. The third-order valence-electron chi connectivity index (χ3n) is 1.98. The summed E-state index contributed by atoms with van der Waals surface area (Å²) in [5, 5.41) is 12.8. The van der Waals surface area contributed by atoms with E-state index in [1.54, 1.807) is 11.0 Å². The Kier molecular flexibility index (Phi) is 3.22. The summed E-state index contributed by atoms with van der Waals surface area (Å²) in [5.41, 5.74) is 0. The summed E-state index contributed by atoms with van der Waals surface area (Å²) in [6.07, 6.45) is 3.40. The highest BCUT2D eigenvalue weighted by Gasteiger charge is 2.04. The molecule has 68 valence electrons. The van der Waals surface area contributed by atoms with Gasteiger partial charge in [-0.2, -0.15) is 5.10 Å². The summed E-state index contributed by atoms with van der Waals surface area (Å²) in [6.45, 7) is 2.27. The highest BCUT2D eigenvalue weighted by Crippen LogP contribution is 2.05. The van der Waals surface area contributed by atoms with Gasteiger partial charge >= 0.3 is 0 Å². The molecule has 1 aromatic rings. The second-order valence-electron chi connectivity index (χ2n) is 3.13. The molecule has 1 heterocycles. The minimum atomic E-state index is 0.248. The molecule has 0 saturated heterocycles. The van der Waals surface area contributed by atoms with Crippen molar-refractivity contribution >= 4 is 0 Å². The fraction of sp³-hybridized carbons (Fsp3) is 0.750.